The molecule has 4 nitrogen and oxygen atoms in total. The number of halogens is 2. The van der Waals surface area contributed by atoms with Gasteiger partial charge in [0.2, 0.25) is 0 Å². The standard InChI is InChI=1S/C16H13Cl2NO3/c17-11-5-3-4-10(8-11)9-14(16(21)22)19-15(20)12-6-1-2-7-13(12)18/h1-8,14H,9H2,(H,19,20)(H,21,22)/t14-/m1/s1. The third-order valence-corrected chi connectivity index (χ3v) is 3.62. The molecule has 0 saturated carbocycles. The summed E-state index contributed by atoms with van der Waals surface area (Å²) in [6, 6.07) is 12.2. The van der Waals surface area contributed by atoms with E-state index in [0.29, 0.717) is 5.02 Å². The summed E-state index contributed by atoms with van der Waals surface area (Å²) in [4.78, 5) is 23.5. The molecular formula is C16H13Cl2NO3. The van der Waals surface area contributed by atoms with Gasteiger partial charge in [0.05, 0.1) is 10.6 Å². The Labute approximate surface area is 137 Å². The van der Waals surface area contributed by atoms with Gasteiger partial charge in [-0.25, -0.2) is 4.79 Å². The summed E-state index contributed by atoms with van der Waals surface area (Å²) in [7, 11) is 0. The molecule has 2 aromatic rings. The van der Waals surface area contributed by atoms with Gasteiger partial charge in [0.1, 0.15) is 6.04 Å². The van der Waals surface area contributed by atoms with Gasteiger partial charge in [-0.3, -0.25) is 4.79 Å². The van der Waals surface area contributed by atoms with Crippen molar-refractivity contribution in [1.29, 1.82) is 0 Å². The van der Waals surface area contributed by atoms with Gasteiger partial charge in [-0.15, -0.1) is 0 Å². The summed E-state index contributed by atoms with van der Waals surface area (Å²) >= 11 is 11.8. The van der Waals surface area contributed by atoms with E-state index in [4.69, 9.17) is 23.2 Å². The predicted octanol–water partition coefficient (Wildman–Crippen LogP) is 3.42. The Kier molecular flexibility index (Phi) is 5.41. The molecule has 0 unspecified atom stereocenters. The second-order valence-corrected chi connectivity index (χ2v) is 5.52. The number of benzene rings is 2. The molecule has 0 aromatic heterocycles. The first-order chi connectivity index (χ1) is 10.5. The highest BCUT2D eigenvalue weighted by Gasteiger charge is 2.22. The fourth-order valence-corrected chi connectivity index (χ4v) is 2.42. The van der Waals surface area contributed by atoms with Gasteiger partial charge in [0.15, 0.2) is 0 Å². The summed E-state index contributed by atoms with van der Waals surface area (Å²) in [5.41, 5.74) is 0.959. The van der Waals surface area contributed by atoms with Crippen LogP contribution in [0.25, 0.3) is 0 Å². The van der Waals surface area contributed by atoms with E-state index in [1.165, 1.54) is 6.07 Å². The van der Waals surface area contributed by atoms with E-state index in [2.05, 4.69) is 5.32 Å². The molecule has 1 atom stereocenters. The number of aliphatic carboxylic acids is 1. The molecule has 0 saturated heterocycles. The number of carboxylic acid groups (broad SMARTS) is 1. The van der Waals surface area contributed by atoms with E-state index in [1.807, 2.05) is 0 Å². The van der Waals surface area contributed by atoms with Gasteiger partial charge in [0, 0.05) is 11.4 Å². The van der Waals surface area contributed by atoms with Crippen LogP contribution in [-0.4, -0.2) is 23.0 Å². The van der Waals surface area contributed by atoms with Crippen molar-refractivity contribution < 1.29 is 14.7 Å². The lowest BCUT2D eigenvalue weighted by Crippen LogP contribution is -2.42. The minimum absolute atomic E-state index is 0.131. The van der Waals surface area contributed by atoms with E-state index in [1.54, 1.807) is 42.5 Å². The van der Waals surface area contributed by atoms with E-state index >= 15 is 0 Å². The minimum atomic E-state index is -1.12. The lowest BCUT2D eigenvalue weighted by molar-refractivity contribution is -0.139. The molecule has 2 rings (SSSR count). The van der Waals surface area contributed by atoms with E-state index < -0.39 is 17.9 Å². The van der Waals surface area contributed by atoms with E-state index in [-0.39, 0.29) is 17.0 Å². The van der Waals surface area contributed by atoms with Crippen LogP contribution in [0.1, 0.15) is 15.9 Å². The highest BCUT2D eigenvalue weighted by atomic mass is 35.5. The van der Waals surface area contributed by atoms with E-state index in [9.17, 15) is 14.7 Å². The van der Waals surface area contributed by atoms with Gasteiger partial charge in [-0.05, 0) is 29.8 Å². The third kappa shape index (κ3) is 4.23. The summed E-state index contributed by atoms with van der Waals surface area (Å²) in [5, 5.41) is 12.5. The maximum Gasteiger partial charge on any atom is 0.326 e. The first kappa shape index (κ1) is 16.3. The number of hydrogen-bond donors (Lipinski definition) is 2. The summed E-state index contributed by atoms with van der Waals surface area (Å²) in [6.45, 7) is 0. The molecular weight excluding hydrogens is 325 g/mol. The molecule has 0 heterocycles. The summed E-state index contributed by atoms with van der Waals surface area (Å²) < 4.78 is 0. The quantitative estimate of drug-likeness (QED) is 0.878. The van der Waals surface area contributed by atoms with Crippen molar-refractivity contribution in [3.63, 3.8) is 0 Å². The zero-order valence-corrected chi connectivity index (χ0v) is 12.9. The Morgan fingerprint density at radius 2 is 1.82 bits per heavy atom. The monoisotopic (exact) mass is 337 g/mol. The van der Waals surface area contributed by atoms with Gasteiger partial charge < -0.3 is 10.4 Å². The number of carboxylic acids is 1. The van der Waals surface area contributed by atoms with E-state index in [0.717, 1.165) is 5.56 Å². The summed E-state index contributed by atoms with van der Waals surface area (Å²) in [5.74, 6) is -1.65. The van der Waals surface area contributed by atoms with Crippen LogP contribution in [0.2, 0.25) is 10.0 Å². The maximum absolute atomic E-state index is 12.2. The molecule has 2 N–H and O–H groups in total. The van der Waals surface area contributed by atoms with Crippen molar-refractivity contribution in [2.75, 3.05) is 0 Å². The molecule has 0 aliphatic carbocycles. The van der Waals surface area contributed by atoms with Crippen LogP contribution >= 0.6 is 23.2 Å². The highest BCUT2D eigenvalue weighted by Crippen LogP contribution is 2.16. The smallest absolute Gasteiger partial charge is 0.326 e. The fourth-order valence-electron chi connectivity index (χ4n) is 1.98. The average Bonchev–Trinajstić information content (AvgIpc) is 2.46. The van der Waals surface area contributed by atoms with Crippen molar-refractivity contribution >= 4 is 35.1 Å². The summed E-state index contributed by atoms with van der Waals surface area (Å²) in [6.07, 6.45) is 0.131. The molecule has 22 heavy (non-hydrogen) atoms. The zero-order chi connectivity index (χ0) is 16.1. The van der Waals surface area contributed by atoms with Crippen molar-refractivity contribution in [3.8, 4) is 0 Å². The molecule has 0 fully saturated rings. The van der Waals surface area contributed by atoms with Crippen LogP contribution in [0.15, 0.2) is 48.5 Å². The Morgan fingerprint density at radius 3 is 2.45 bits per heavy atom. The van der Waals surface area contributed by atoms with Gasteiger partial charge in [-0.1, -0.05) is 47.5 Å². The fraction of sp³-hybridized carbons (Fsp3) is 0.125. The largest absolute Gasteiger partial charge is 0.480 e. The molecule has 114 valence electrons. The molecule has 0 aliphatic heterocycles. The number of carbonyl (C=O) groups excluding carboxylic acids is 1. The van der Waals surface area contributed by atoms with Crippen LogP contribution < -0.4 is 5.32 Å². The molecule has 0 radical (unpaired) electrons. The average molecular weight is 338 g/mol. The van der Waals surface area contributed by atoms with Crippen molar-refractivity contribution in [3.05, 3.63) is 69.7 Å². The molecule has 1 amide bonds. The van der Waals surface area contributed by atoms with Crippen LogP contribution in [0, 0.1) is 0 Å². The normalized spacial score (nSPS) is 11.7. The predicted molar refractivity (Wildman–Crippen MR) is 85.5 cm³/mol. The Bertz CT molecular complexity index is 703. The van der Waals surface area contributed by atoms with Crippen LogP contribution in [0.3, 0.4) is 0 Å². The Hall–Kier alpha value is -2.04. The number of amides is 1. The second-order valence-electron chi connectivity index (χ2n) is 4.68. The number of carbonyl (C=O) groups is 2. The highest BCUT2D eigenvalue weighted by molar-refractivity contribution is 6.33. The van der Waals surface area contributed by atoms with Crippen molar-refractivity contribution in [2.24, 2.45) is 0 Å². The molecule has 6 heteroatoms. The van der Waals surface area contributed by atoms with Crippen molar-refractivity contribution in [1.82, 2.24) is 5.32 Å². The number of hydrogen-bond acceptors (Lipinski definition) is 2. The number of nitrogens with one attached hydrogen (secondary N) is 1. The van der Waals surface area contributed by atoms with Crippen LogP contribution in [-0.2, 0) is 11.2 Å². The second kappa shape index (κ2) is 7.29. The lowest BCUT2D eigenvalue weighted by Gasteiger charge is -2.15. The first-order valence-electron chi connectivity index (χ1n) is 6.50. The molecule has 0 spiro atoms. The Balaban J connectivity index is 2.14. The molecule has 0 aliphatic rings. The minimum Gasteiger partial charge on any atom is -0.480 e. The topological polar surface area (TPSA) is 66.4 Å². The number of rotatable bonds is 5. The first-order valence-corrected chi connectivity index (χ1v) is 7.25. The maximum atomic E-state index is 12.2. The van der Waals surface area contributed by atoms with Gasteiger partial charge >= 0.3 is 5.97 Å². The SMILES string of the molecule is O=C(N[C@H](Cc1cccc(Cl)c1)C(=O)O)c1ccccc1Cl. The molecule has 2 aromatic carbocycles. The van der Waals surface area contributed by atoms with Crippen LogP contribution in [0.4, 0.5) is 0 Å². The van der Waals surface area contributed by atoms with Crippen molar-refractivity contribution in [2.45, 2.75) is 12.5 Å². The van der Waals surface area contributed by atoms with Gasteiger partial charge in [-0.2, -0.15) is 0 Å². The zero-order valence-electron chi connectivity index (χ0n) is 11.4. The third-order valence-electron chi connectivity index (χ3n) is 3.05. The van der Waals surface area contributed by atoms with Gasteiger partial charge in [0.25, 0.3) is 5.91 Å². The Morgan fingerprint density at radius 1 is 1.09 bits per heavy atom. The van der Waals surface area contributed by atoms with Crippen LogP contribution in [0.5, 0.6) is 0 Å². The lowest BCUT2D eigenvalue weighted by atomic mass is 10.1. The molecule has 0 bridgehead atoms.